The van der Waals surface area contributed by atoms with Crippen LogP contribution in [-0.4, -0.2) is 12.5 Å². The van der Waals surface area contributed by atoms with Crippen LogP contribution in [0.2, 0.25) is 0 Å². The minimum Gasteiger partial charge on any atom is -0.356 e. The Morgan fingerprint density at radius 2 is 2.13 bits per heavy atom. The van der Waals surface area contributed by atoms with Gasteiger partial charge in [0.05, 0.1) is 0 Å². The van der Waals surface area contributed by atoms with Crippen molar-refractivity contribution in [2.24, 2.45) is 23.7 Å². The van der Waals surface area contributed by atoms with Crippen LogP contribution in [0.15, 0.2) is 0 Å². The Bertz CT molecular complexity index is 263. The van der Waals surface area contributed by atoms with Crippen molar-refractivity contribution in [2.45, 2.75) is 44.9 Å². The number of fused-ring (bicyclic) bond motifs is 2. The summed E-state index contributed by atoms with van der Waals surface area (Å²) >= 11 is 0. The lowest BCUT2D eigenvalue weighted by Crippen LogP contribution is -2.37. The van der Waals surface area contributed by atoms with Gasteiger partial charge in [-0.1, -0.05) is 6.42 Å². The standard InChI is InChI=1S/C13H21NO/c15-13-11(2-1-5-14-13)8-12-7-9-3-4-10(12)6-9/h9-12H,1-8H2,(H,14,15). The molecule has 0 aromatic heterocycles. The highest BCUT2D eigenvalue weighted by Crippen LogP contribution is 2.50. The third-order valence-corrected chi connectivity index (χ3v) is 4.87. The Morgan fingerprint density at radius 1 is 1.20 bits per heavy atom. The molecule has 0 radical (unpaired) electrons. The molecule has 2 heteroatoms. The van der Waals surface area contributed by atoms with Crippen LogP contribution in [0, 0.1) is 23.7 Å². The molecule has 3 fully saturated rings. The van der Waals surface area contributed by atoms with Gasteiger partial charge in [-0.3, -0.25) is 4.79 Å². The highest BCUT2D eigenvalue weighted by Gasteiger charge is 2.41. The van der Waals surface area contributed by atoms with Gasteiger partial charge in [-0.25, -0.2) is 0 Å². The predicted molar refractivity (Wildman–Crippen MR) is 59.3 cm³/mol. The summed E-state index contributed by atoms with van der Waals surface area (Å²) in [5.41, 5.74) is 0. The Kier molecular flexibility index (Phi) is 2.45. The first-order valence-corrected chi connectivity index (χ1v) is 6.60. The van der Waals surface area contributed by atoms with Gasteiger partial charge in [0, 0.05) is 12.5 Å². The molecule has 1 aliphatic heterocycles. The van der Waals surface area contributed by atoms with Crippen molar-refractivity contribution in [2.75, 3.05) is 6.54 Å². The van der Waals surface area contributed by atoms with Crippen LogP contribution in [0.5, 0.6) is 0 Å². The van der Waals surface area contributed by atoms with Gasteiger partial charge in [-0.15, -0.1) is 0 Å². The van der Waals surface area contributed by atoms with Gasteiger partial charge >= 0.3 is 0 Å². The maximum absolute atomic E-state index is 11.7. The molecule has 0 spiro atoms. The molecule has 0 aromatic rings. The molecule has 1 saturated heterocycles. The lowest BCUT2D eigenvalue weighted by atomic mass is 9.80. The fraction of sp³-hybridized carbons (Fsp3) is 0.923. The van der Waals surface area contributed by atoms with E-state index in [-0.39, 0.29) is 0 Å². The second kappa shape index (κ2) is 3.80. The van der Waals surface area contributed by atoms with Gasteiger partial charge in [-0.2, -0.15) is 0 Å². The van der Waals surface area contributed by atoms with Crippen molar-refractivity contribution in [1.82, 2.24) is 5.32 Å². The second-order valence-corrected chi connectivity index (χ2v) is 5.80. The van der Waals surface area contributed by atoms with Crippen LogP contribution in [-0.2, 0) is 4.79 Å². The van der Waals surface area contributed by atoms with Gasteiger partial charge < -0.3 is 5.32 Å². The summed E-state index contributed by atoms with van der Waals surface area (Å²) in [5.74, 6) is 3.57. The largest absolute Gasteiger partial charge is 0.356 e. The fourth-order valence-corrected chi connectivity index (χ4v) is 4.09. The van der Waals surface area contributed by atoms with Gasteiger partial charge in [0.1, 0.15) is 0 Å². The van der Waals surface area contributed by atoms with Crippen LogP contribution in [0.1, 0.15) is 44.9 Å². The lowest BCUT2D eigenvalue weighted by molar-refractivity contribution is -0.127. The lowest BCUT2D eigenvalue weighted by Gasteiger charge is -2.28. The SMILES string of the molecule is O=C1NCCCC1CC1CC2CCC1C2. The summed E-state index contributed by atoms with van der Waals surface area (Å²) in [6.07, 6.45) is 9.33. The molecule has 2 bridgehead atoms. The van der Waals surface area contributed by atoms with E-state index in [1.165, 1.54) is 38.5 Å². The van der Waals surface area contributed by atoms with E-state index in [2.05, 4.69) is 5.32 Å². The van der Waals surface area contributed by atoms with Gasteiger partial charge in [-0.05, 0) is 56.3 Å². The van der Waals surface area contributed by atoms with E-state index in [0.717, 1.165) is 30.7 Å². The van der Waals surface area contributed by atoms with Gasteiger partial charge in [0.25, 0.3) is 0 Å². The number of nitrogens with one attached hydrogen (secondary N) is 1. The quantitative estimate of drug-likeness (QED) is 0.740. The summed E-state index contributed by atoms with van der Waals surface area (Å²) in [6, 6.07) is 0. The minimum atomic E-state index is 0.337. The molecule has 3 aliphatic rings. The number of rotatable bonds is 2. The van der Waals surface area contributed by atoms with Crippen LogP contribution in [0.4, 0.5) is 0 Å². The molecule has 2 aliphatic carbocycles. The molecule has 1 amide bonds. The van der Waals surface area contributed by atoms with E-state index in [0.29, 0.717) is 11.8 Å². The number of hydrogen-bond donors (Lipinski definition) is 1. The summed E-state index contributed by atoms with van der Waals surface area (Å²) in [4.78, 5) is 11.7. The van der Waals surface area contributed by atoms with E-state index in [4.69, 9.17) is 0 Å². The fourth-order valence-electron chi connectivity index (χ4n) is 4.09. The summed E-state index contributed by atoms with van der Waals surface area (Å²) in [7, 11) is 0. The molecule has 1 N–H and O–H groups in total. The number of carbonyl (C=O) groups is 1. The van der Waals surface area contributed by atoms with Gasteiger partial charge in [0.15, 0.2) is 0 Å². The Hall–Kier alpha value is -0.530. The van der Waals surface area contributed by atoms with Crippen molar-refractivity contribution in [1.29, 1.82) is 0 Å². The highest BCUT2D eigenvalue weighted by atomic mass is 16.1. The van der Waals surface area contributed by atoms with Crippen LogP contribution in [0.3, 0.4) is 0 Å². The summed E-state index contributed by atoms with van der Waals surface area (Å²) in [5, 5.41) is 3.01. The Balaban J connectivity index is 1.58. The summed E-state index contributed by atoms with van der Waals surface area (Å²) < 4.78 is 0. The molecule has 84 valence electrons. The third-order valence-electron chi connectivity index (χ3n) is 4.87. The van der Waals surface area contributed by atoms with Crippen LogP contribution in [0.25, 0.3) is 0 Å². The molecule has 0 aromatic carbocycles. The molecule has 4 atom stereocenters. The monoisotopic (exact) mass is 207 g/mol. The molecule has 4 unspecified atom stereocenters. The van der Waals surface area contributed by atoms with Crippen molar-refractivity contribution in [3.05, 3.63) is 0 Å². The highest BCUT2D eigenvalue weighted by molar-refractivity contribution is 5.79. The Morgan fingerprint density at radius 3 is 2.80 bits per heavy atom. The molecule has 15 heavy (non-hydrogen) atoms. The molecular weight excluding hydrogens is 186 g/mol. The number of carbonyl (C=O) groups excluding carboxylic acids is 1. The molecule has 2 nitrogen and oxygen atoms in total. The first kappa shape index (κ1) is 9.68. The first-order valence-electron chi connectivity index (χ1n) is 6.60. The third kappa shape index (κ3) is 1.79. The van der Waals surface area contributed by atoms with Gasteiger partial charge in [0.2, 0.25) is 5.91 Å². The number of hydrogen-bond acceptors (Lipinski definition) is 1. The topological polar surface area (TPSA) is 29.1 Å². The normalized spacial score (nSPS) is 44.4. The first-order chi connectivity index (χ1) is 7.33. The van der Waals surface area contributed by atoms with Crippen molar-refractivity contribution in [3.8, 4) is 0 Å². The van der Waals surface area contributed by atoms with Crippen molar-refractivity contribution < 1.29 is 4.79 Å². The molecular formula is C13H21NO. The second-order valence-electron chi connectivity index (χ2n) is 5.80. The van der Waals surface area contributed by atoms with E-state index in [1.54, 1.807) is 0 Å². The Labute approximate surface area is 91.8 Å². The average molecular weight is 207 g/mol. The van der Waals surface area contributed by atoms with Crippen molar-refractivity contribution >= 4 is 5.91 Å². The minimum absolute atomic E-state index is 0.337. The van der Waals surface area contributed by atoms with E-state index < -0.39 is 0 Å². The summed E-state index contributed by atoms with van der Waals surface area (Å²) in [6.45, 7) is 0.909. The zero-order chi connectivity index (χ0) is 10.3. The maximum Gasteiger partial charge on any atom is 0.223 e. The number of amides is 1. The zero-order valence-corrected chi connectivity index (χ0v) is 9.37. The van der Waals surface area contributed by atoms with E-state index in [1.807, 2.05) is 0 Å². The predicted octanol–water partition coefficient (Wildman–Crippen LogP) is 2.34. The average Bonchev–Trinajstić information content (AvgIpc) is 2.83. The van der Waals surface area contributed by atoms with Crippen LogP contribution < -0.4 is 5.32 Å². The van der Waals surface area contributed by atoms with E-state index >= 15 is 0 Å². The smallest absolute Gasteiger partial charge is 0.223 e. The maximum atomic E-state index is 11.7. The van der Waals surface area contributed by atoms with E-state index in [9.17, 15) is 4.79 Å². The molecule has 2 saturated carbocycles. The zero-order valence-electron chi connectivity index (χ0n) is 9.37. The van der Waals surface area contributed by atoms with Crippen LogP contribution >= 0.6 is 0 Å². The molecule has 1 heterocycles. The number of piperidine rings is 1. The van der Waals surface area contributed by atoms with Crippen molar-refractivity contribution in [3.63, 3.8) is 0 Å². The molecule has 3 rings (SSSR count).